The Morgan fingerprint density at radius 1 is 1.42 bits per heavy atom. The summed E-state index contributed by atoms with van der Waals surface area (Å²) in [5, 5.41) is 9.79. The molecule has 0 fully saturated rings. The van der Waals surface area contributed by atoms with E-state index in [-0.39, 0.29) is 22.8 Å². The fraction of sp³-hybridized carbons (Fsp3) is 0.316. The Morgan fingerprint density at radius 3 is 2.73 bits per heavy atom. The number of nitrogens with zero attached hydrogens (tertiary/aromatic N) is 2. The van der Waals surface area contributed by atoms with Crippen LogP contribution in [0.2, 0.25) is 0 Å². The van der Waals surface area contributed by atoms with Gasteiger partial charge >= 0.3 is 5.97 Å². The van der Waals surface area contributed by atoms with Crippen molar-refractivity contribution in [2.24, 2.45) is 5.73 Å². The summed E-state index contributed by atoms with van der Waals surface area (Å²) >= 11 is 0. The zero-order chi connectivity index (χ0) is 19.1. The molecule has 0 unspecified atom stereocenters. The molecule has 1 aromatic rings. The van der Waals surface area contributed by atoms with Gasteiger partial charge in [-0.1, -0.05) is 25.1 Å². The van der Waals surface area contributed by atoms with Gasteiger partial charge in [0, 0.05) is 17.8 Å². The predicted octanol–water partition coefficient (Wildman–Crippen LogP) is 1.85. The minimum absolute atomic E-state index is 0.0122. The summed E-state index contributed by atoms with van der Waals surface area (Å²) in [7, 11) is 1.22. The number of fused-ring (bicyclic) bond motifs is 2. The number of nitriles is 1. The average Bonchev–Trinajstić information content (AvgIpc) is 2.86. The number of allylic oxidation sites excluding steroid dienone is 1. The fourth-order valence-corrected chi connectivity index (χ4v) is 3.76. The number of esters is 1. The second kappa shape index (κ2) is 6.23. The molecular weight excluding hydrogens is 334 g/mol. The number of hydrogen-bond donors (Lipinski definition) is 1. The molecule has 0 saturated heterocycles. The highest BCUT2D eigenvalue weighted by molar-refractivity contribution is 6.18. The molecule has 2 N–H and O–H groups in total. The number of anilines is 1. The van der Waals surface area contributed by atoms with Gasteiger partial charge in [0.15, 0.2) is 5.41 Å². The van der Waals surface area contributed by atoms with Crippen molar-refractivity contribution in [1.82, 2.24) is 0 Å². The molecule has 0 radical (unpaired) electrons. The van der Waals surface area contributed by atoms with Crippen LogP contribution in [0.5, 0.6) is 0 Å². The fourth-order valence-electron chi connectivity index (χ4n) is 3.76. The van der Waals surface area contributed by atoms with E-state index in [2.05, 4.69) is 0 Å². The second-order valence-electron chi connectivity index (χ2n) is 6.10. The van der Waals surface area contributed by atoms with Crippen LogP contribution < -0.4 is 10.6 Å². The topological polar surface area (TPSA) is 106 Å². The van der Waals surface area contributed by atoms with Crippen molar-refractivity contribution in [2.75, 3.05) is 18.6 Å². The highest BCUT2D eigenvalue weighted by Crippen LogP contribution is 2.53. The number of benzene rings is 1. The molecule has 1 aromatic carbocycles. The van der Waals surface area contributed by atoms with Crippen LogP contribution in [0.25, 0.3) is 0 Å². The van der Waals surface area contributed by atoms with E-state index >= 15 is 0 Å². The molecule has 134 valence electrons. The van der Waals surface area contributed by atoms with Crippen LogP contribution in [0.3, 0.4) is 0 Å². The number of nitrogens with two attached hydrogens (primary N) is 1. The van der Waals surface area contributed by atoms with Crippen LogP contribution in [0.4, 0.5) is 5.69 Å². The predicted molar refractivity (Wildman–Crippen MR) is 93.4 cm³/mol. The number of amides is 1. The first kappa shape index (κ1) is 17.5. The molecule has 1 spiro atoms. The Balaban J connectivity index is 2.44. The Hall–Kier alpha value is -3.27. The largest absolute Gasteiger partial charge is 0.466 e. The van der Waals surface area contributed by atoms with Gasteiger partial charge in [0.05, 0.1) is 7.11 Å². The third-order valence-corrected chi connectivity index (χ3v) is 4.72. The number of rotatable bonds is 3. The monoisotopic (exact) mass is 353 g/mol. The van der Waals surface area contributed by atoms with Crippen molar-refractivity contribution >= 4 is 17.6 Å². The molecule has 0 bridgehead atoms. The highest BCUT2D eigenvalue weighted by Gasteiger charge is 2.61. The summed E-state index contributed by atoms with van der Waals surface area (Å²) in [6.45, 7) is 3.93. The average molecular weight is 353 g/mol. The zero-order valence-electron chi connectivity index (χ0n) is 14.8. The molecule has 2 heterocycles. The minimum atomic E-state index is -1.65. The van der Waals surface area contributed by atoms with Gasteiger partial charge in [-0.2, -0.15) is 5.26 Å². The minimum Gasteiger partial charge on any atom is -0.466 e. The summed E-state index contributed by atoms with van der Waals surface area (Å²) in [4.78, 5) is 27.8. The number of para-hydroxylation sites is 1. The van der Waals surface area contributed by atoms with E-state index < -0.39 is 17.3 Å². The quantitative estimate of drug-likeness (QED) is 0.831. The molecule has 7 nitrogen and oxygen atoms in total. The van der Waals surface area contributed by atoms with E-state index in [0.717, 1.165) is 0 Å². The molecule has 2 aliphatic rings. The van der Waals surface area contributed by atoms with Crippen molar-refractivity contribution in [2.45, 2.75) is 25.7 Å². The lowest BCUT2D eigenvalue weighted by atomic mass is 9.68. The highest BCUT2D eigenvalue weighted by atomic mass is 16.5. The maximum absolute atomic E-state index is 13.6. The molecule has 1 atom stereocenters. The van der Waals surface area contributed by atoms with Crippen molar-refractivity contribution in [3.8, 4) is 6.07 Å². The number of ether oxygens (including phenoxy) is 2. The summed E-state index contributed by atoms with van der Waals surface area (Å²) in [5.74, 6) is -1.17. The summed E-state index contributed by atoms with van der Waals surface area (Å²) in [6, 6.07) is 9.08. The van der Waals surface area contributed by atoms with E-state index in [4.69, 9.17) is 15.2 Å². The first-order valence-electron chi connectivity index (χ1n) is 8.24. The van der Waals surface area contributed by atoms with Crippen LogP contribution >= 0.6 is 0 Å². The van der Waals surface area contributed by atoms with Gasteiger partial charge < -0.3 is 20.1 Å². The lowest BCUT2D eigenvalue weighted by Gasteiger charge is -2.34. The first-order valence-corrected chi connectivity index (χ1v) is 8.24. The van der Waals surface area contributed by atoms with Crippen molar-refractivity contribution in [1.29, 1.82) is 5.26 Å². The van der Waals surface area contributed by atoms with Crippen LogP contribution in [0, 0.1) is 11.3 Å². The lowest BCUT2D eigenvalue weighted by molar-refractivity contribution is -0.138. The van der Waals surface area contributed by atoms with Gasteiger partial charge in [-0.15, -0.1) is 0 Å². The molecule has 0 aromatic heterocycles. The van der Waals surface area contributed by atoms with Crippen molar-refractivity contribution in [3.05, 3.63) is 52.6 Å². The van der Waals surface area contributed by atoms with Crippen molar-refractivity contribution in [3.63, 3.8) is 0 Å². The first-order chi connectivity index (χ1) is 12.4. The maximum Gasteiger partial charge on any atom is 0.339 e. The standard InChI is InChI=1S/C19H19N3O4/c1-4-9-22-14-8-6-5-7-12(14)19(18(22)24)13(10-20)16(21)26-11(2)15(19)17(23)25-3/h5-8H,4,9,21H2,1-3H3/t19-/m1/s1. The maximum atomic E-state index is 13.6. The molecule has 0 saturated carbocycles. The molecule has 26 heavy (non-hydrogen) atoms. The van der Waals surface area contributed by atoms with Gasteiger partial charge in [-0.25, -0.2) is 4.79 Å². The van der Waals surface area contributed by atoms with Gasteiger partial charge in [0.25, 0.3) is 0 Å². The van der Waals surface area contributed by atoms with Gasteiger partial charge in [-0.3, -0.25) is 4.79 Å². The summed E-state index contributed by atoms with van der Waals surface area (Å²) in [5.41, 5.74) is 5.37. The Kier molecular flexibility index (Phi) is 4.20. The number of methoxy groups -OCH3 is 1. The van der Waals surface area contributed by atoms with Crippen molar-refractivity contribution < 1.29 is 19.1 Å². The third-order valence-electron chi connectivity index (χ3n) is 4.72. The van der Waals surface area contributed by atoms with Gasteiger partial charge in [0.2, 0.25) is 11.8 Å². The van der Waals surface area contributed by atoms with Crippen LogP contribution in [0.15, 0.2) is 47.1 Å². The molecular formula is C19H19N3O4. The number of carbonyl (C=O) groups is 2. The van der Waals surface area contributed by atoms with E-state index in [1.165, 1.54) is 14.0 Å². The van der Waals surface area contributed by atoms with E-state index in [1.807, 2.05) is 13.0 Å². The zero-order valence-corrected chi connectivity index (χ0v) is 14.8. The smallest absolute Gasteiger partial charge is 0.339 e. The van der Waals surface area contributed by atoms with E-state index in [9.17, 15) is 14.9 Å². The number of hydrogen-bond acceptors (Lipinski definition) is 6. The molecule has 1 amide bonds. The normalized spacial score (nSPS) is 21.6. The van der Waals surface area contributed by atoms with E-state index in [1.54, 1.807) is 29.2 Å². The Bertz CT molecular complexity index is 910. The van der Waals surface area contributed by atoms with Gasteiger partial charge in [0.1, 0.15) is 23.0 Å². The second-order valence-corrected chi connectivity index (χ2v) is 6.10. The third kappa shape index (κ3) is 2.05. The van der Waals surface area contributed by atoms with Gasteiger partial charge in [-0.05, 0) is 19.4 Å². The molecule has 3 rings (SSSR count). The molecule has 7 heteroatoms. The molecule has 0 aliphatic carbocycles. The van der Waals surface area contributed by atoms with Crippen LogP contribution in [-0.4, -0.2) is 25.5 Å². The summed E-state index contributed by atoms with van der Waals surface area (Å²) in [6.07, 6.45) is 0.712. The SMILES string of the molecule is CCCN1C(=O)[C@@]2(C(C#N)=C(N)OC(C)=C2C(=O)OC)c2ccccc21. The summed E-state index contributed by atoms with van der Waals surface area (Å²) < 4.78 is 10.3. The number of carbonyl (C=O) groups excluding carboxylic acids is 2. The lowest BCUT2D eigenvalue weighted by Crippen LogP contribution is -2.48. The van der Waals surface area contributed by atoms with Crippen LogP contribution in [0.1, 0.15) is 25.8 Å². The van der Waals surface area contributed by atoms with Crippen LogP contribution in [-0.2, 0) is 24.5 Å². The molecule has 2 aliphatic heterocycles. The van der Waals surface area contributed by atoms with E-state index in [0.29, 0.717) is 24.2 Å². The Morgan fingerprint density at radius 2 is 2.12 bits per heavy atom. The Labute approximate surface area is 151 Å².